The van der Waals surface area contributed by atoms with Crippen molar-refractivity contribution < 1.29 is 0 Å². The van der Waals surface area contributed by atoms with Crippen molar-refractivity contribution in [2.24, 2.45) is 5.92 Å². The molecule has 1 atom stereocenters. The summed E-state index contributed by atoms with van der Waals surface area (Å²) >= 11 is 0. The molecule has 2 rings (SSSR count). The molecule has 0 aliphatic rings. The van der Waals surface area contributed by atoms with Crippen molar-refractivity contribution in [2.45, 2.75) is 54.0 Å². The molecule has 0 N–H and O–H groups in total. The topological polar surface area (TPSA) is 17.8 Å². The van der Waals surface area contributed by atoms with Crippen LogP contribution in [0.3, 0.4) is 0 Å². The molecule has 2 nitrogen and oxygen atoms in total. The maximum absolute atomic E-state index is 4.62. The highest BCUT2D eigenvalue weighted by atomic mass is 15.1. The van der Waals surface area contributed by atoms with Crippen LogP contribution >= 0.6 is 0 Å². The molecule has 2 aromatic rings. The standard InChI is InChI=1S/C20H28N2/c1-7-19-20(11-16(5)14(2)3)22(13-21-19)12-18-9-8-15(4)17(6)10-18/h8-10,13,16H,2,7,11-12H2,1,3-6H3. The van der Waals surface area contributed by atoms with Crippen molar-refractivity contribution in [1.29, 1.82) is 0 Å². The third-order valence-corrected chi connectivity index (χ3v) is 4.63. The Morgan fingerprint density at radius 2 is 2.00 bits per heavy atom. The second-order valence-corrected chi connectivity index (χ2v) is 6.49. The lowest BCUT2D eigenvalue weighted by molar-refractivity contribution is 0.622. The molecule has 0 aliphatic heterocycles. The molecular formula is C20H28N2. The van der Waals surface area contributed by atoms with Crippen LogP contribution < -0.4 is 0 Å². The number of hydrogen-bond acceptors (Lipinski definition) is 1. The van der Waals surface area contributed by atoms with Gasteiger partial charge < -0.3 is 4.57 Å². The normalized spacial score (nSPS) is 12.4. The van der Waals surface area contributed by atoms with E-state index >= 15 is 0 Å². The lowest BCUT2D eigenvalue weighted by atomic mass is 9.97. The fourth-order valence-corrected chi connectivity index (χ4v) is 2.68. The lowest BCUT2D eigenvalue weighted by Gasteiger charge is -2.15. The minimum Gasteiger partial charge on any atom is -0.330 e. The molecule has 0 saturated heterocycles. The maximum Gasteiger partial charge on any atom is 0.0954 e. The summed E-state index contributed by atoms with van der Waals surface area (Å²) in [7, 11) is 0. The summed E-state index contributed by atoms with van der Waals surface area (Å²) in [6, 6.07) is 6.71. The number of hydrogen-bond donors (Lipinski definition) is 0. The van der Waals surface area contributed by atoms with Gasteiger partial charge in [0, 0.05) is 12.2 Å². The zero-order valence-corrected chi connectivity index (χ0v) is 14.6. The van der Waals surface area contributed by atoms with Crippen LogP contribution in [0.4, 0.5) is 0 Å². The Bertz CT molecular complexity index is 664. The maximum atomic E-state index is 4.62. The van der Waals surface area contributed by atoms with E-state index in [1.807, 2.05) is 6.33 Å². The third kappa shape index (κ3) is 3.68. The first-order valence-electron chi connectivity index (χ1n) is 8.16. The highest BCUT2D eigenvalue weighted by Crippen LogP contribution is 2.20. The zero-order valence-electron chi connectivity index (χ0n) is 14.6. The van der Waals surface area contributed by atoms with Crippen molar-refractivity contribution in [2.75, 3.05) is 0 Å². The van der Waals surface area contributed by atoms with Crippen molar-refractivity contribution >= 4 is 0 Å². The molecule has 118 valence electrons. The Kier molecular flexibility index (Phi) is 5.23. The second-order valence-electron chi connectivity index (χ2n) is 6.49. The smallest absolute Gasteiger partial charge is 0.0954 e. The molecular weight excluding hydrogens is 268 g/mol. The van der Waals surface area contributed by atoms with E-state index in [-0.39, 0.29) is 0 Å². The average molecular weight is 296 g/mol. The summed E-state index contributed by atoms with van der Waals surface area (Å²) in [6.07, 6.45) is 4.00. The highest BCUT2D eigenvalue weighted by Gasteiger charge is 2.14. The number of aromatic nitrogens is 2. The van der Waals surface area contributed by atoms with Gasteiger partial charge in [0.15, 0.2) is 0 Å². The Morgan fingerprint density at radius 1 is 1.27 bits per heavy atom. The van der Waals surface area contributed by atoms with E-state index in [1.54, 1.807) is 0 Å². The van der Waals surface area contributed by atoms with Gasteiger partial charge in [-0.3, -0.25) is 0 Å². The summed E-state index contributed by atoms with van der Waals surface area (Å²) in [5.41, 5.74) is 7.85. The third-order valence-electron chi connectivity index (χ3n) is 4.63. The second kappa shape index (κ2) is 6.95. The molecule has 0 spiro atoms. The van der Waals surface area contributed by atoms with Gasteiger partial charge in [-0.25, -0.2) is 4.98 Å². The van der Waals surface area contributed by atoms with E-state index in [0.29, 0.717) is 5.92 Å². The summed E-state index contributed by atoms with van der Waals surface area (Å²) in [5, 5.41) is 0. The van der Waals surface area contributed by atoms with Crippen LogP contribution in [0, 0.1) is 19.8 Å². The molecule has 0 saturated carbocycles. The molecule has 1 unspecified atom stereocenters. The van der Waals surface area contributed by atoms with Crippen LogP contribution in [0.5, 0.6) is 0 Å². The molecule has 0 aliphatic carbocycles. The van der Waals surface area contributed by atoms with Gasteiger partial charge in [-0.05, 0) is 56.2 Å². The lowest BCUT2D eigenvalue weighted by Crippen LogP contribution is -2.10. The van der Waals surface area contributed by atoms with E-state index in [9.17, 15) is 0 Å². The van der Waals surface area contributed by atoms with E-state index in [1.165, 1.54) is 33.7 Å². The fourth-order valence-electron chi connectivity index (χ4n) is 2.68. The molecule has 1 aromatic heterocycles. The SMILES string of the molecule is C=C(C)C(C)Cc1c(CC)ncn1Cc1ccc(C)c(C)c1. The first-order valence-corrected chi connectivity index (χ1v) is 8.16. The minimum absolute atomic E-state index is 0.487. The van der Waals surface area contributed by atoms with E-state index in [2.05, 4.69) is 68.9 Å². The van der Waals surface area contributed by atoms with Gasteiger partial charge in [0.1, 0.15) is 0 Å². The fraction of sp³-hybridized carbons (Fsp3) is 0.450. The van der Waals surface area contributed by atoms with Crippen molar-refractivity contribution in [1.82, 2.24) is 9.55 Å². The molecule has 1 heterocycles. The molecule has 2 heteroatoms. The number of rotatable bonds is 6. The summed E-state index contributed by atoms with van der Waals surface area (Å²) in [4.78, 5) is 4.62. The van der Waals surface area contributed by atoms with E-state index in [0.717, 1.165) is 19.4 Å². The molecule has 1 aromatic carbocycles. The summed E-state index contributed by atoms with van der Waals surface area (Å²) in [6.45, 7) is 15.9. The number of nitrogens with zero attached hydrogens (tertiary/aromatic N) is 2. The summed E-state index contributed by atoms with van der Waals surface area (Å²) < 4.78 is 2.31. The van der Waals surface area contributed by atoms with Gasteiger partial charge >= 0.3 is 0 Å². The predicted molar refractivity (Wildman–Crippen MR) is 94.3 cm³/mol. The van der Waals surface area contributed by atoms with Gasteiger partial charge in [-0.1, -0.05) is 44.2 Å². The molecule has 0 fully saturated rings. The van der Waals surface area contributed by atoms with Crippen LogP contribution in [0.15, 0.2) is 36.7 Å². The Hall–Kier alpha value is -1.83. The highest BCUT2D eigenvalue weighted by molar-refractivity contribution is 5.30. The van der Waals surface area contributed by atoms with Crippen molar-refractivity contribution in [3.8, 4) is 0 Å². The van der Waals surface area contributed by atoms with Crippen molar-refractivity contribution in [3.63, 3.8) is 0 Å². The monoisotopic (exact) mass is 296 g/mol. The quantitative estimate of drug-likeness (QED) is 0.696. The first kappa shape index (κ1) is 16.5. The predicted octanol–water partition coefficient (Wildman–Crippen LogP) is 4.87. The largest absolute Gasteiger partial charge is 0.330 e. The Morgan fingerprint density at radius 3 is 2.59 bits per heavy atom. The molecule has 0 radical (unpaired) electrons. The minimum atomic E-state index is 0.487. The molecule has 0 amide bonds. The van der Waals surface area contributed by atoms with Crippen LogP contribution in [0.1, 0.15) is 48.8 Å². The van der Waals surface area contributed by atoms with E-state index < -0.39 is 0 Å². The number of imidazole rings is 1. The first-order chi connectivity index (χ1) is 10.4. The average Bonchev–Trinajstić information content (AvgIpc) is 2.85. The van der Waals surface area contributed by atoms with E-state index in [4.69, 9.17) is 0 Å². The zero-order chi connectivity index (χ0) is 16.3. The van der Waals surface area contributed by atoms with Crippen LogP contribution in [-0.2, 0) is 19.4 Å². The summed E-state index contributed by atoms with van der Waals surface area (Å²) in [5.74, 6) is 0.487. The van der Waals surface area contributed by atoms with Gasteiger partial charge in [0.05, 0.1) is 12.0 Å². The van der Waals surface area contributed by atoms with Gasteiger partial charge in [-0.2, -0.15) is 0 Å². The Balaban J connectivity index is 2.28. The van der Waals surface area contributed by atoms with Crippen molar-refractivity contribution in [3.05, 3.63) is 64.8 Å². The number of aryl methyl sites for hydroxylation is 3. The van der Waals surface area contributed by atoms with Crippen LogP contribution in [-0.4, -0.2) is 9.55 Å². The molecule has 0 bridgehead atoms. The van der Waals surface area contributed by atoms with Gasteiger partial charge in [-0.15, -0.1) is 0 Å². The van der Waals surface area contributed by atoms with Gasteiger partial charge in [0.25, 0.3) is 0 Å². The number of benzene rings is 1. The molecule has 22 heavy (non-hydrogen) atoms. The number of allylic oxidation sites excluding steroid dienone is 1. The van der Waals surface area contributed by atoms with Gasteiger partial charge in [0.2, 0.25) is 0 Å². The van der Waals surface area contributed by atoms with Crippen LogP contribution in [0.25, 0.3) is 0 Å². The van der Waals surface area contributed by atoms with Crippen LogP contribution in [0.2, 0.25) is 0 Å². The Labute approximate surface area is 134 Å².